The van der Waals surface area contributed by atoms with Crippen LogP contribution in [0.1, 0.15) is 12.5 Å². The van der Waals surface area contributed by atoms with Crippen molar-refractivity contribution >= 4 is 5.69 Å². The van der Waals surface area contributed by atoms with E-state index in [4.69, 9.17) is 9.47 Å². The van der Waals surface area contributed by atoms with Crippen LogP contribution >= 0.6 is 0 Å². The van der Waals surface area contributed by atoms with E-state index in [1.165, 1.54) is 12.1 Å². The van der Waals surface area contributed by atoms with Gasteiger partial charge in [0.15, 0.2) is 11.5 Å². The van der Waals surface area contributed by atoms with E-state index in [2.05, 4.69) is 5.32 Å². The molecule has 0 spiro atoms. The second kappa shape index (κ2) is 6.66. The number of nitrogens with one attached hydrogen (secondary N) is 1. The first-order valence-corrected chi connectivity index (χ1v) is 7.48. The van der Waals surface area contributed by atoms with E-state index in [1.807, 2.05) is 31.2 Å². The van der Waals surface area contributed by atoms with Crippen LogP contribution in [0.3, 0.4) is 0 Å². The van der Waals surface area contributed by atoms with Gasteiger partial charge in [0.25, 0.3) is 5.69 Å². The highest BCUT2D eigenvalue weighted by molar-refractivity contribution is 5.40. The van der Waals surface area contributed by atoms with Gasteiger partial charge >= 0.3 is 0 Å². The summed E-state index contributed by atoms with van der Waals surface area (Å²) in [6.07, 6.45) is -0.0806. The van der Waals surface area contributed by atoms with Crippen molar-refractivity contribution in [3.8, 4) is 11.5 Å². The summed E-state index contributed by atoms with van der Waals surface area (Å²) in [5.74, 6) is 1.53. The maximum atomic E-state index is 10.6. The van der Waals surface area contributed by atoms with Crippen LogP contribution in [-0.2, 0) is 6.54 Å². The summed E-state index contributed by atoms with van der Waals surface area (Å²) in [4.78, 5) is 10.2. The Labute approximate surface area is 134 Å². The van der Waals surface area contributed by atoms with Crippen LogP contribution in [-0.4, -0.2) is 23.7 Å². The van der Waals surface area contributed by atoms with Crippen LogP contribution in [0.5, 0.6) is 11.5 Å². The van der Waals surface area contributed by atoms with Crippen LogP contribution in [0, 0.1) is 10.1 Å². The van der Waals surface area contributed by atoms with Gasteiger partial charge in [0, 0.05) is 24.7 Å². The smallest absolute Gasteiger partial charge is 0.269 e. The van der Waals surface area contributed by atoms with Gasteiger partial charge in [-0.05, 0) is 24.6 Å². The second-order valence-corrected chi connectivity index (χ2v) is 5.51. The van der Waals surface area contributed by atoms with E-state index in [9.17, 15) is 10.1 Å². The number of non-ortho nitro benzene ring substituents is 1. The minimum atomic E-state index is -0.398. The molecule has 6 heteroatoms. The Morgan fingerprint density at radius 2 is 1.91 bits per heavy atom. The third-order valence-corrected chi connectivity index (χ3v) is 3.86. The number of nitro benzene ring substituents is 1. The topological polar surface area (TPSA) is 73.6 Å². The first-order valence-electron chi connectivity index (χ1n) is 7.48. The summed E-state index contributed by atoms with van der Waals surface area (Å²) < 4.78 is 11.7. The normalized spacial score (nSPS) is 17.5. The van der Waals surface area contributed by atoms with Gasteiger partial charge in [-0.1, -0.05) is 24.3 Å². The minimum absolute atomic E-state index is 0.0806. The number of hydrogen-bond acceptors (Lipinski definition) is 5. The number of hydrogen-bond donors (Lipinski definition) is 1. The summed E-state index contributed by atoms with van der Waals surface area (Å²) in [5.41, 5.74) is 1.09. The average molecular weight is 314 g/mol. The van der Waals surface area contributed by atoms with Gasteiger partial charge in [-0.15, -0.1) is 0 Å². The number of fused-ring (bicyclic) bond motifs is 1. The van der Waals surface area contributed by atoms with Gasteiger partial charge in [-0.3, -0.25) is 10.1 Å². The van der Waals surface area contributed by atoms with Crippen molar-refractivity contribution in [1.29, 1.82) is 0 Å². The number of nitro groups is 1. The molecule has 1 heterocycles. The predicted octanol–water partition coefficient (Wildman–Crippen LogP) is 2.91. The van der Waals surface area contributed by atoms with Gasteiger partial charge in [0.1, 0.15) is 12.7 Å². The Morgan fingerprint density at radius 1 is 1.22 bits per heavy atom. The molecule has 23 heavy (non-hydrogen) atoms. The SMILES string of the molecule is C[C@@H](NCc1ccc([N+](=O)[O-])cc1)[C@H]1COc2ccccc2O1. The van der Waals surface area contributed by atoms with Crippen molar-refractivity contribution in [3.63, 3.8) is 0 Å². The summed E-state index contributed by atoms with van der Waals surface area (Å²) in [6.45, 7) is 3.14. The second-order valence-electron chi connectivity index (χ2n) is 5.51. The van der Waals surface area contributed by atoms with Crippen molar-refractivity contribution in [1.82, 2.24) is 5.32 Å². The van der Waals surface area contributed by atoms with E-state index in [1.54, 1.807) is 12.1 Å². The van der Waals surface area contributed by atoms with Crippen LogP contribution in [0.15, 0.2) is 48.5 Å². The Morgan fingerprint density at radius 3 is 2.61 bits per heavy atom. The zero-order valence-corrected chi connectivity index (χ0v) is 12.8. The van der Waals surface area contributed by atoms with Crippen LogP contribution < -0.4 is 14.8 Å². The molecule has 2 aromatic rings. The highest BCUT2D eigenvalue weighted by Crippen LogP contribution is 2.31. The van der Waals surface area contributed by atoms with E-state index < -0.39 is 4.92 Å². The number of nitrogens with zero attached hydrogens (tertiary/aromatic N) is 1. The highest BCUT2D eigenvalue weighted by atomic mass is 16.6. The van der Waals surface area contributed by atoms with Gasteiger partial charge in [-0.25, -0.2) is 0 Å². The first-order chi connectivity index (χ1) is 11.1. The molecular weight excluding hydrogens is 296 g/mol. The first kappa shape index (κ1) is 15.3. The molecule has 0 unspecified atom stereocenters. The molecule has 0 saturated carbocycles. The molecule has 0 aliphatic carbocycles. The van der Waals surface area contributed by atoms with E-state index >= 15 is 0 Å². The van der Waals surface area contributed by atoms with E-state index in [0.29, 0.717) is 13.2 Å². The molecule has 0 radical (unpaired) electrons. The van der Waals surface area contributed by atoms with Crippen LogP contribution in [0.2, 0.25) is 0 Å². The maximum absolute atomic E-state index is 10.6. The summed E-state index contributed by atoms with van der Waals surface area (Å²) >= 11 is 0. The summed E-state index contributed by atoms with van der Waals surface area (Å²) in [5, 5.41) is 14.0. The van der Waals surface area contributed by atoms with Gasteiger partial charge in [0.05, 0.1) is 4.92 Å². The molecule has 0 bridgehead atoms. The van der Waals surface area contributed by atoms with Gasteiger partial charge in [0.2, 0.25) is 0 Å². The Kier molecular flexibility index (Phi) is 4.43. The zero-order chi connectivity index (χ0) is 16.2. The van der Waals surface area contributed by atoms with Crippen molar-refractivity contribution < 1.29 is 14.4 Å². The number of rotatable bonds is 5. The Bertz CT molecular complexity index is 687. The largest absolute Gasteiger partial charge is 0.486 e. The fraction of sp³-hybridized carbons (Fsp3) is 0.294. The third-order valence-electron chi connectivity index (χ3n) is 3.86. The lowest BCUT2D eigenvalue weighted by molar-refractivity contribution is -0.384. The molecule has 3 rings (SSSR count). The quantitative estimate of drug-likeness (QED) is 0.678. The number of para-hydroxylation sites is 2. The molecule has 120 valence electrons. The number of ether oxygens (including phenoxy) is 2. The minimum Gasteiger partial charge on any atom is -0.486 e. The lowest BCUT2D eigenvalue weighted by atomic mass is 10.1. The lowest BCUT2D eigenvalue weighted by Gasteiger charge is -2.31. The molecule has 0 amide bonds. The number of benzene rings is 2. The van der Waals surface area contributed by atoms with E-state index in [-0.39, 0.29) is 17.8 Å². The molecule has 0 fully saturated rings. The fourth-order valence-electron chi connectivity index (χ4n) is 2.43. The lowest BCUT2D eigenvalue weighted by Crippen LogP contribution is -2.45. The summed E-state index contributed by atoms with van der Waals surface area (Å²) in [7, 11) is 0. The van der Waals surface area contributed by atoms with Gasteiger partial charge in [-0.2, -0.15) is 0 Å². The van der Waals surface area contributed by atoms with Gasteiger partial charge < -0.3 is 14.8 Å². The molecule has 0 aromatic heterocycles. The van der Waals surface area contributed by atoms with Crippen molar-refractivity contribution in [3.05, 3.63) is 64.2 Å². The van der Waals surface area contributed by atoms with Crippen LogP contribution in [0.25, 0.3) is 0 Å². The zero-order valence-electron chi connectivity index (χ0n) is 12.8. The third kappa shape index (κ3) is 3.60. The predicted molar refractivity (Wildman–Crippen MR) is 85.8 cm³/mol. The van der Waals surface area contributed by atoms with Crippen molar-refractivity contribution in [2.45, 2.75) is 25.6 Å². The monoisotopic (exact) mass is 314 g/mol. The fourth-order valence-corrected chi connectivity index (χ4v) is 2.43. The van der Waals surface area contributed by atoms with Crippen molar-refractivity contribution in [2.75, 3.05) is 6.61 Å². The van der Waals surface area contributed by atoms with Crippen LogP contribution in [0.4, 0.5) is 5.69 Å². The Hall–Kier alpha value is -2.60. The molecule has 1 aliphatic rings. The summed E-state index contributed by atoms with van der Waals surface area (Å²) in [6, 6.07) is 14.2. The Balaban J connectivity index is 1.55. The standard InChI is InChI=1S/C17H18N2O4/c1-12(17-11-22-15-4-2-3-5-16(15)23-17)18-10-13-6-8-14(9-7-13)19(20)21/h2-9,12,17-18H,10-11H2,1H3/t12-,17-/m1/s1. The average Bonchev–Trinajstić information content (AvgIpc) is 2.59. The van der Waals surface area contributed by atoms with E-state index in [0.717, 1.165) is 17.1 Å². The molecule has 0 saturated heterocycles. The van der Waals surface area contributed by atoms with Crippen molar-refractivity contribution in [2.24, 2.45) is 0 Å². The molecular formula is C17H18N2O4. The maximum Gasteiger partial charge on any atom is 0.269 e. The highest BCUT2D eigenvalue weighted by Gasteiger charge is 2.25. The molecule has 2 atom stereocenters. The molecule has 2 aromatic carbocycles. The molecule has 1 aliphatic heterocycles. The molecule has 6 nitrogen and oxygen atoms in total. The molecule has 1 N–H and O–H groups in total.